The summed E-state index contributed by atoms with van der Waals surface area (Å²) in [7, 11) is 0. The number of hydrogen-bond donors (Lipinski definition) is 0. The van der Waals surface area contributed by atoms with Gasteiger partial charge >= 0.3 is 0 Å². The molecule has 6 heteroatoms. The summed E-state index contributed by atoms with van der Waals surface area (Å²) in [5.41, 5.74) is 12.5. The van der Waals surface area contributed by atoms with Crippen molar-refractivity contribution in [2.75, 3.05) is 0 Å². The monoisotopic (exact) mass is 724 g/mol. The maximum Gasteiger partial charge on any atom is 0.188 e. The fourth-order valence-electron chi connectivity index (χ4n) is 8.94. The Morgan fingerprint density at radius 2 is 0.912 bits per heavy atom. The minimum atomic E-state index is 0.534. The van der Waals surface area contributed by atoms with E-state index < -0.39 is 0 Å². The fourth-order valence-corrected chi connectivity index (χ4v) is 8.94. The average molecular weight is 725 g/mol. The zero-order valence-corrected chi connectivity index (χ0v) is 30.3. The van der Waals surface area contributed by atoms with E-state index in [1.54, 1.807) is 0 Å². The molecule has 11 rings (SSSR count). The molecule has 0 saturated heterocycles. The summed E-state index contributed by atoms with van der Waals surface area (Å²) in [5, 5.41) is 17.3. The Balaban J connectivity index is 1.14. The highest BCUT2D eigenvalue weighted by Crippen LogP contribution is 2.43. The first-order chi connectivity index (χ1) is 28.2. The number of rotatable bonds is 4. The predicted molar refractivity (Wildman–Crippen MR) is 232 cm³/mol. The Kier molecular flexibility index (Phi) is 6.95. The molecule has 0 N–H and O–H groups in total. The molecule has 6 nitrogen and oxygen atoms in total. The van der Waals surface area contributed by atoms with Crippen molar-refractivity contribution in [2.45, 2.75) is 0 Å². The van der Waals surface area contributed by atoms with Gasteiger partial charge in [-0.05, 0) is 83.6 Å². The molecule has 3 heterocycles. The third-order valence-corrected chi connectivity index (χ3v) is 11.3. The van der Waals surface area contributed by atoms with Crippen LogP contribution in [0.1, 0.15) is 5.56 Å². The highest BCUT2D eigenvalue weighted by Gasteiger charge is 2.22. The van der Waals surface area contributed by atoms with Crippen molar-refractivity contribution in [1.29, 1.82) is 5.26 Å². The molecule has 0 aliphatic heterocycles. The van der Waals surface area contributed by atoms with Gasteiger partial charge in [0.25, 0.3) is 0 Å². The van der Waals surface area contributed by atoms with Gasteiger partial charge in [0.15, 0.2) is 11.4 Å². The van der Waals surface area contributed by atoms with Crippen molar-refractivity contribution >= 4 is 76.8 Å². The highest BCUT2D eigenvalue weighted by molar-refractivity contribution is 6.17. The summed E-state index contributed by atoms with van der Waals surface area (Å²) in [5.74, 6) is 0. The Labute approximate surface area is 327 Å². The Hall–Kier alpha value is -8.37. The third-order valence-electron chi connectivity index (χ3n) is 11.3. The van der Waals surface area contributed by atoms with Gasteiger partial charge in [-0.3, -0.25) is 0 Å². The molecule has 262 valence electrons. The largest absolute Gasteiger partial charge is 0.309 e. The zero-order chi connectivity index (χ0) is 38.2. The van der Waals surface area contributed by atoms with Crippen LogP contribution in [-0.2, 0) is 0 Å². The predicted octanol–water partition coefficient (Wildman–Crippen LogP) is 13.6. The maximum atomic E-state index is 10.8. The number of benzene rings is 8. The molecule has 0 spiro atoms. The van der Waals surface area contributed by atoms with E-state index in [9.17, 15) is 5.26 Å². The molecule has 11 aromatic rings. The second-order valence-corrected chi connectivity index (χ2v) is 14.2. The van der Waals surface area contributed by atoms with E-state index in [1.807, 2.05) is 54.6 Å². The van der Waals surface area contributed by atoms with Crippen LogP contribution in [0.5, 0.6) is 0 Å². The van der Waals surface area contributed by atoms with Crippen LogP contribution >= 0.6 is 0 Å². The van der Waals surface area contributed by atoms with E-state index in [1.165, 1.54) is 10.8 Å². The Bertz CT molecular complexity index is 3500. The molecule has 0 amide bonds. The van der Waals surface area contributed by atoms with Crippen molar-refractivity contribution in [2.24, 2.45) is 0 Å². The van der Waals surface area contributed by atoms with E-state index in [-0.39, 0.29) is 0 Å². The quantitative estimate of drug-likeness (QED) is 0.167. The summed E-state index contributed by atoms with van der Waals surface area (Å²) in [6, 6.07) is 60.5. The van der Waals surface area contributed by atoms with Gasteiger partial charge in [-0.25, -0.2) is 9.69 Å². The summed E-state index contributed by atoms with van der Waals surface area (Å²) in [6.07, 6.45) is 0. The average Bonchev–Trinajstić information content (AvgIpc) is 3.91. The molecule has 3 aromatic heterocycles. The van der Waals surface area contributed by atoms with Crippen molar-refractivity contribution in [3.63, 3.8) is 0 Å². The maximum absolute atomic E-state index is 10.8. The minimum Gasteiger partial charge on any atom is -0.309 e. The molecule has 0 atom stereocenters. The van der Waals surface area contributed by atoms with Crippen LogP contribution in [0.2, 0.25) is 0 Å². The number of fused-ring (bicyclic) bond motifs is 9. The molecule has 57 heavy (non-hydrogen) atoms. The molecule has 0 saturated carbocycles. The van der Waals surface area contributed by atoms with E-state index in [0.29, 0.717) is 16.9 Å². The van der Waals surface area contributed by atoms with Crippen LogP contribution in [-0.4, -0.2) is 13.7 Å². The van der Waals surface area contributed by atoms with Crippen molar-refractivity contribution in [3.8, 4) is 34.3 Å². The normalized spacial score (nSPS) is 11.5. The lowest BCUT2D eigenvalue weighted by atomic mass is 9.97. The number of para-hydroxylation sites is 4. The van der Waals surface area contributed by atoms with E-state index in [4.69, 9.17) is 13.1 Å². The van der Waals surface area contributed by atoms with Gasteiger partial charge in [0, 0.05) is 38.4 Å². The van der Waals surface area contributed by atoms with Crippen LogP contribution in [0.4, 0.5) is 11.4 Å². The van der Waals surface area contributed by atoms with E-state index in [0.717, 1.165) is 82.8 Å². The number of aromatic nitrogens is 3. The lowest BCUT2D eigenvalue weighted by molar-refractivity contribution is 1.16. The summed E-state index contributed by atoms with van der Waals surface area (Å²) >= 11 is 0. The molecular weight excluding hydrogens is 697 g/mol. The van der Waals surface area contributed by atoms with Crippen molar-refractivity contribution in [1.82, 2.24) is 13.7 Å². The lowest BCUT2D eigenvalue weighted by Gasteiger charge is -2.16. The second-order valence-electron chi connectivity index (χ2n) is 14.2. The van der Waals surface area contributed by atoms with Gasteiger partial charge in [0.05, 0.1) is 69.3 Å². The van der Waals surface area contributed by atoms with Crippen LogP contribution in [0.15, 0.2) is 170 Å². The van der Waals surface area contributed by atoms with Crippen molar-refractivity contribution < 1.29 is 0 Å². The number of nitrogens with zero attached hydrogens (tertiary/aromatic N) is 6. The fraction of sp³-hybridized carbons (Fsp3) is 0. The molecular formula is C51H28N6. The lowest BCUT2D eigenvalue weighted by Crippen LogP contribution is -2.00. The smallest absolute Gasteiger partial charge is 0.188 e. The third kappa shape index (κ3) is 4.61. The van der Waals surface area contributed by atoms with Crippen LogP contribution in [0.3, 0.4) is 0 Å². The first-order valence-electron chi connectivity index (χ1n) is 18.6. The van der Waals surface area contributed by atoms with Crippen LogP contribution in [0, 0.1) is 24.5 Å². The number of hydrogen-bond acceptors (Lipinski definition) is 1. The highest BCUT2D eigenvalue weighted by atomic mass is 15.0. The van der Waals surface area contributed by atoms with Crippen molar-refractivity contribution in [3.05, 3.63) is 198 Å². The Morgan fingerprint density at radius 1 is 0.404 bits per heavy atom. The van der Waals surface area contributed by atoms with Gasteiger partial charge in [-0.15, -0.1) is 0 Å². The second kappa shape index (κ2) is 12.3. The van der Waals surface area contributed by atoms with Crippen LogP contribution in [0.25, 0.3) is 103 Å². The summed E-state index contributed by atoms with van der Waals surface area (Å²) in [4.78, 5) is 7.33. The van der Waals surface area contributed by atoms with E-state index >= 15 is 0 Å². The van der Waals surface area contributed by atoms with Gasteiger partial charge < -0.3 is 13.7 Å². The van der Waals surface area contributed by atoms with Gasteiger partial charge in [-0.2, -0.15) is 5.26 Å². The first kappa shape index (κ1) is 32.1. The zero-order valence-electron chi connectivity index (χ0n) is 30.3. The molecule has 8 aromatic carbocycles. The summed E-state index contributed by atoms with van der Waals surface area (Å²) < 4.78 is 6.84. The molecule has 0 aliphatic carbocycles. The Morgan fingerprint density at radius 3 is 1.54 bits per heavy atom. The molecule has 0 radical (unpaired) electrons. The van der Waals surface area contributed by atoms with Gasteiger partial charge in [0.2, 0.25) is 0 Å². The minimum absolute atomic E-state index is 0.534. The topological polar surface area (TPSA) is 47.3 Å². The number of nitriles is 1. The standard InChI is InChI=1S/C51H28N6/c1-53-33-22-26-47-41(29-33)42-30-34(54-2)23-27-48(42)55(47)35-24-25-36(32(28-35)31-52)37-12-3-7-16-43(37)57-46-19-10-6-15-40(46)51-49(20-11-21-50(51)57)56-44-17-8-4-13-38(44)39-14-5-9-18-45(39)56/h3-30H. The van der Waals surface area contributed by atoms with Gasteiger partial charge in [-0.1, -0.05) is 97.1 Å². The van der Waals surface area contributed by atoms with E-state index in [2.05, 4.69) is 145 Å². The first-order valence-corrected chi connectivity index (χ1v) is 18.6. The molecule has 0 fully saturated rings. The molecule has 0 aliphatic rings. The SMILES string of the molecule is [C-]#[N+]c1ccc2c(c1)c1cc([N+]#[C-])ccc1n2-c1ccc(-c2ccccc2-n2c3ccccc3c3c(-n4c5ccccc5c5ccccc54)cccc32)c(C#N)c1. The summed E-state index contributed by atoms with van der Waals surface area (Å²) in [6.45, 7) is 15.2. The van der Waals surface area contributed by atoms with Gasteiger partial charge in [0.1, 0.15) is 0 Å². The molecule has 0 bridgehead atoms. The molecule has 0 unspecified atom stereocenters. The van der Waals surface area contributed by atoms with Crippen LogP contribution < -0.4 is 0 Å².